The largest absolute Gasteiger partial charge is 0.744 e. The minimum absolute atomic E-state index is 0.154. The molecule has 8 heteroatoms. The number of hydrogen-bond donors (Lipinski definition) is 1. The molecule has 0 amide bonds. The first kappa shape index (κ1) is 22.4. The van der Waals surface area contributed by atoms with Gasteiger partial charge in [-0.15, -0.1) is 0 Å². The van der Waals surface area contributed by atoms with Gasteiger partial charge in [0.05, 0.1) is 12.0 Å². The van der Waals surface area contributed by atoms with Crippen LogP contribution in [0.15, 0.2) is 71.9 Å². The summed E-state index contributed by atoms with van der Waals surface area (Å²) < 4.78 is 38.1. The number of hydrogen-bond acceptors (Lipinski definition) is 5. The molecule has 1 aromatic heterocycles. The van der Waals surface area contributed by atoms with Crippen LogP contribution in [0, 0.1) is 0 Å². The van der Waals surface area contributed by atoms with Gasteiger partial charge in [-0.25, -0.2) is 13.0 Å². The van der Waals surface area contributed by atoms with Crippen molar-refractivity contribution in [2.75, 3.05) is 7.11 Å². The standard InChI is InChI=1S/C15H15NO2.C6H5ClO3S/c1-16-9-7-12(8-10-16)3-4-13-5-6-14(17)15(11-13)18-2;7-5-1-3-6(4-2-5)11(8,9)10/h3-11H,1-2H3;1-4H,(H,8,9,10). The second-order valence-corrected chi connectivity index (χ2v) is 7.79. The van der Waals surface area contributed by atoms with Gasteiger partial charge in [0.15, 0.2) is 23.9 Å². The van der Waals surface area contributed by atoms with E-state index in [4.69, 9.17) is 16.3 Å². The number of rotatable bonds is 4. The number of nitrogens with zero attached hydrogens (tertiary/aromatic N) is 1. The van der Waals surface area contributed by atoms with Crippen LogP contribution in [0.3, 0.4) is 0 Å². The Bertz CT molecular complexity index is 1080. The summed E-state index contributed by atoms with van der Waals surface area (Å²) in [5, 5.41) is 9.90. The van der Waals surface area contributed by atoms with Gasteiger partial charge in [-0.3, -0.25) is 0 Å². The normalized spacial score (nSPS) is 11.0. The fourth-order valence-corrected chi connectivity index (χ4v) is 2.81. The van der Waals surface area contributed by atoms with Gasteiger partial charge in [-0.1, -0.05) is 29.8 Å². The fraction of sp³-hybridized carbons (Fsp3) is 0.0952. The van der Waals surface area contributed by atoms with Crippen molar-refractivity contribution in [2.24, 2.45) is 7.05 Å². The second-order valence-electron chi connectivity index (χ2n) is 5.97. The Morgan fingerprint density at radius 2 is 1.59 bits per heavy atom. The van der Waals surface area contributed by atoms with E-state index in [1.165, 1.54) is 24.3 Å². The Labute approximate surface area is 175 Å². The molecule has 2 aromatic carbocycles. The summed E-state index contributed by atoms with van der Waals surface area (Å²) in [6.45, 7) is 0. The monoisotopic (exact) mass is 433 g/mol. The maximum atomic E-state index is 10.3. The SMILES string of the molecule is COc1cc(/C=C/c2cc[n+](C)cc2)ccc1O.O=S(=O)([O-])c1ccc(Cl)cc1. The molecule has 0 atom stereocenters. The molecule has 29 heavy (non-hydrogen) atoms. The number of aryl methyl sites for hydroxylation is 1. The average molecular weight is 434 g/mol. The highest BCUT2D eigenvalue weighted by Gasteiger charge is 2.00. The molecular weight excluding hydrogens is 414 g/mol. The van der Waals surface area contributed by atoms with Crippen molar-refractivity contribution in [3.8, 4) is 11.5 Å². The fourth-order valence-electron chi connectivity index (χ4n) is 2.22. The molecular formula is C21H20ClNO5S. The number of halogens is 1. The molecule has 0 saturated heterocycles. The van der Waals surface area contributed by atoms with Gasteiger partial charge >= 0.3 is 0 Å². The van der Waals surface area contributed by atoms with Gasteiger partial charge in [0.25, 0.3) is 0 Å². The predicted octanol–water partition coefficient (Wildman–Crippen LogP) is 3.64. The third kappa shape index (κ3) is 7.23. The third-order valence-corrected chi connectivity index (χ3v) is 4.88. The summed E-state index contributed by atoms with van der Waals surface area (Å²) in [5.41, 5.74) is 2.11. The van der Waals surface area contributed by atoms with Crippen LogP contribution in [-0.4, -0.2) is 25.2 Å². The Hall–Kier alpha value is -2.87. The number of benzene rings is 2. The lowest BCUT2D eigenvalue weighted by Gasteiger charge is -2.05. The molecule has 0 saturated carbocycles. The van der Waals surface area contributed by atoms with Gasteiger partial charge in [-0.05, 0) is 47.5 Å². The van der Waals surface area contributed by atoms with Crippen LogP contribution in [0.1, 0.15) is 11.1 Å². The summed E-state index contributed by atoms with van der Waals surface area (Å²) in [4.78, 5) is -0.262. The highest BCUT2D eigenvalue weighted by Crippen LogP contribution is 2.27. The number of phenolic OH excluding ortho intramolecular Hbond substituents is 1. The molecule has 0 aliphatic carbocycles. The van der Waals surface area contributed by atoms with E-state index in [1.54, 1.807) is 19.2 Å². The Morgan fingerprint density at radius 1 is 1.00 bits per heavy atom. The number of methoxy groups -OCH3 is 1. The van der Waals surface area contributed by atoms with E-state index >= 15 is 0 Å². The van der Waals surface area contributed by atoms with Gasteiger partial charge < -0.3 is 14.4 Å². The lowest BCUT2D eigenvalue weighted by molar-refractivity contribution is -0.671. The highest BCUT2D eigenvalue weighted by atomic mass is 35.5. The first-order valence-corrected chi connectivity index (χ1v) is 10.2. The molecule has 0 aliphatic rings. The summed E-state index contributed by atoms with van der Waals surface area (Å²) in [7, 11) is -0.802. The molecule has 6 nitrogen and oxygen atoms in total. The van der Waals surface area contributed by atoms with E-state index in [-0.39, 0.29) is 10.6 Å². The predicted molar refractivity (Wildman–Crippen MR) is 111 cm³/mol. The molecule has 0 fully saturated rings. The number of phenols is 1. The number of ether oxygens (including phenoxy) is 1. The number of aromatic nitrogens is 1. The smallest absolute Gasteiger partial charge is 0.169 e. The Balaban J connectivity index is 0.000000234. The zero-order valence-corrected chi connectivity index (χ0v) is 17.4. The van der Waals surface area contributed by atoms with Crippen molar-refractivity contribution in [2.45, 2.75) is 4.90 Å². The van der Waals surface area contributed by atoms with Crippen LogP contribution in [0.25, 0.3) is 12.2 Å². The zero-order valence-electron chi connectivity index (χ0n) is 15.8. The zero-order chi connectivity index (χ0) is 21.4. The van der Waals surface area contributed by atoms with Crippen molar-refractivity contribution in [1.29, 1.82) is 0 Å². The lowest BCUT2D eigenvalue weighted by atomic mass is 10.1. The summed E-state index contributed by atoms with van der Waals surface area (Å²) in [5.74, 6) is 0.637. The quantitative estimate of drug-likeness (QED) is 0.501. The van der Waals surface area contributed by atoms with E-state index in [9.17, 15) is 18.1 Å². The summed E-state index contributed by atoms with van der Waals surface area (Å²) in [6.07, 6.45) is 8.00. The molecule has 0 radical (unpaired) electrons. The van der Waals surface area contributed by atoms with Crippen LogP contribution in [-0.2, 0) is 17.2 Å². The van der Waals surface area contributed by atoms with E-state index in [0.717, 1.165) is 11.1 Å². The van der Waals surface area contributed by atoms with Crippen LogP contribution in [0.2, 0.25) is 5.02 Å². The highest BCUT2D eigenvalue weighted by molar-refractivity contribution is 7.85. The molecule has 1 N–H and O–H groups in total. The summed E-state index contributed by atoms with van der Waals surface area (Å²) >= 11 is 5.46. The minimum Gasteiger partial charge on any atom is -0.744 e. The first-order chi connectivity index (χ1) is 13.7. The van der Waals surface area contributed by atoms with E-state index in [1.807, 2.05) is 54.4 Å². The van der Waals surface area contributed by atoms with Crippen LogP contribution in [0.4, 0.5) is 0 Å². The van der Waals surface area contributed by atoms with Crippen LogP contribution >= 0.6 is 11.6 Å². The van der Waals surface area contributed by atoms with Crippen molar-refractivity contribution in [3.63, 3.8) is 0 Å². The van der Waals surface area contributed by atoms with Crippen molar-refractivity contribution >= 4 is 33.9 Å². The van der Waals surface area contributed by atoms with Gasteiger partial charge in [0, 0.05) is 17.2 Å². The average Bonchev–Trinajstić information content (AvgIpc) is 2.69. The maximum absolute atomic E-state index is 10.3. The summed E-state index contributed by atoms with van der Waals surface area (Å²) in [6, 6.07) is 14.4. The molecule has 0 unspecified atom stereocenters. The van der Waals surface area contributed by atoms with Crippen LogP contribution < -0.4 is 9.30 Å². The first-order valence-electron chi connectivity index (χ1n) is 8.41. The minimum atomic E-state index is -4.33. The lowest BCUT2D eigenvalue weighted by Crippen LogP contribution is -2.25. The molecule has 0 aliphatic heterocycles. The van der Waals surface area contributed by atoms with Crippen molar-refractivity contribution in [3.05, 3.63) is 83.1 Å². The maximum Gasteiger partial charge on any atom is 0.169 e. The second kappa shape index (κ2) is 10.1. The Morgan fingerprint density at radius 3 is 2.14 bits per heavy atom. The molecule has 0 bridgehead atoms. The van der Waals surface area contributed by atoms with Gasteiger partial charge in [0.2, 0.25) is 0 Å². The molecule has 3 aromatic rings. The molecule has 3 rings (SSSR count). The molecule has 152 valence electrons. The Kier molecular flexibility index (Phi) is 7.78. The molecule has 1 heterocycles. The van der Waals surface area contributed by atoms with Crippen molar-refractivity contribution < 1.29 is 27.4 Å². The third-order valence-electron chi connectivity index (χ3n) is 3.78. The van der Waals surface area contributed by atoms with E-state index in [0.29, 0.717) is 10.8 Å². The van der Waals surface area contributed by atoms with Gasteiger partial charge in [0.1, 0.15) is 17.2 Å². The van der Waals surface area contributed by atoms with Gasteiger partial charge in [-0.2, -0.15) is 0 Å². The number of pyridine rings is 1. The van der Waals surface area contributed by atoms with Crippen molar-refractivity contribution in [1.82, 2.24) is 0 Å². The van der Waals surface area contributed by atoms with E-state index < -0.39 is 10.1 Å². The topological polar surface area (TPSA) is 90.5 Å². The number of aromatic hydroxyl groups is 1. The van der Waals surface area contributed by atoms with E-state index in [2.05, 4.69) is 0 Å². The molecule has 0 spiro atoms. The van der Waals surface area contributed by atoms with Crippen LogP contribution in [0.5, 0.6) is 11.5 Å².